The molecule has 37 heavy (non-hydrogen) atoms. The van der Waals surface area contributed by atoms with E-state index in [1.807, 2.05) is 0 Å². The predicted molar refractivity (Wildman–Crippen MR) is 139 cm³/mol. The number of amides is 1. The maximum atomic E-state index is 13.9. The van der Waals surface area contributed by atoms with E-state index >= 15 is 0 Å². The number of anilines is 1. The Labute approximate surface area is 221 Å². The molecule has 200 valence electrons. The number of carbonyl (C=O) groups is 2. The fourth-order valence-electron chi connectivity index (χ4n) is 4.59. The molecule has 1 aliphatic heterocycles. The molecule has 1 aromatic carbocycles. The molecule has 2 heterocycles. The number of hydrogen-bond acceptors (Lipinski definition) is 6. The average molecular weight is 533 g/mol. The van der Waals surface area contributed by atoms with Gasteiger partial charge in [-0.25, -0.2) is 19.0 Å². The number of hydrogen-bond donors (Lipinski definition) is 3. The molecule has 0 bridgehead atoms. The summed E-state index contributed by atoms with van der Waals surface area (Å²) < 4.78 is 18.9. The van der Waals surface area contributed by atoms with E-state index in [1.165, 1.54) is 23.8 Å². The van der Waals surface area contributed by atoms with Crippen molar-refractivity contribution in [3.8, 4) is 0 Å². The van der Waals surface area contributed by atoms with Gasteiger partial charge in [0.1, 0.15) is 24.3 Å². The van der Waals surface area contributed by atoms with Crippen LogP contribution in [0.1, 0.15) is 55.3 Å². The summed E-state index contributed by atoms with van der Waals surface area (Å²) in [7, 11) is 0. The average Bonchev–Trinajstić information content (AvgIpc) is 3.72. The van der Waals surface area contributed by atoms with Gasteiger partial charge >= 0.3 is 12.1 Å². The third kappa shape index (κ3) is 8.04. The van der Waals surface area contributed by atoms with Crippen LogP contribution < -0.4 is 10.6 Å². The third-order valence-corrected chi connectivity index (χ3v) is 7.20. The Morgan fingerprint density at radius 2 is 2.08 bits per heavy atom. The van der Waals surface area contributed by atoms with Crippen LogP contribution in [0.3, 0.4) is 0 Å². The zero-order valence-electron chi connectivity index (χ0n) is 20.8. The number of halogens is 2. The Balaban J connectivity index is 1.20. The largest absolute Gasteiger partial charge is 0.480 e. The van der Waals surface area contributed by atoms with Crippen LogP contribution in [0.4, 0.5) is 15.0 Å². The number of aliphatic carboxylic acids is 1. The second kappa shape index (κ2) is 13.1. The highest BCUT2D eigenvalue weighted by Gasteiger charge is 2.30. The summed E-state index contributed by atoms with van der Waals surface area (Å²) in [6, 6.07) is 7.83. The second-order valence-electron chi connectivity index (χ2n) is 9.67. The maximum Gasteiger partial charge on any atom is 0.408 e. The van der Waals surface area contributed by atoms with Crippen LogP contribution >= 0.6 is 11.6 Å². The Morgan fingerprint density at radius 3 is 2.84 bits per heavy atom. The van der Waals surface area contributed by atoms with Gasteiger partial charge < -0.3 is 25.4 Å². The van der Waals surface area contributed by atoms with E-state index in [-0.39, 0.29) is 23.6 Å². The SMILES string of the molecule is O=C(NC(CCN(CCCCc1ccc2c(n1)NCCC2)C1CC1)C(=O)O)OCc1c(F)cccc1Cl. The van der Waals surface area contributed by atoms with E-state index in [9.17, 15) is 19.1 Å². The number of alkyl carbamates (subject to hydrolysis) is 1. The lowest BCUT2D eigenvalue weighted by atomic mass is 10.1. The normalized spacial score (nSPS) is 15.5. The first kappa shape index (κ1) is 27.1. The van der Waals surface area contributed by atoms with Crippen LogP contribution in [0.15, 0.2) is 30.3 Å². The van der Waals surface area contributed by atoms with Gasteiger partial charge in [-0.2, -0.15) is 0 Å². The molecule has 2 aromatic rings. The topological polar surface area (TPSA) is 104 Å². The van der Waals surface area contributed by atoms with Gasteiger partial charge in [-0.3, -0.25) is 0 Å². The standard InChI is InChI=1S/C27H34ClFN4O4/c28-22-7-3-8-23(29)21(22)17-37-27(36)32-24(26(34)35)13-16-33(20-11-12-20)15-2-1-6-19-10-9-18-5-4-14-30-25(18)31-19/h3,7-10,20,24H,1-2,4-6,11-17H2,(H,30,31)(H,32,36)(H,34,35). The summed E-state index contributed by atoms with van der Waals surface area (Å²) >= 11 is 5.95. The molecule has 0 radical (unpaired) electrons. The van der Waals surface area contributed by atoms with Crippen LogP contribution in [-0.4, -0.2) is 58.8 Å². The van der Waals surface area contributed by atoms with Gasteiger partial charge in [0.2, 0.25) is 0 Å². The first-order chi connectivity index (χ1) is 17.9. The molecular weight excluding hydrogens is 499 g/mol. The van der Waals surface area contributed by atoms with Crippen molar-refractivity contribution in [2.75, 3.05) is 25.0 Å². The number of nitrogens with one attached hydrogen (secondary N) is 2. The van der Waals surface area contributed by atoms with Crippen molar-refractivity contribution >= 4 is 29.5 Å². The number of aromatic nitrogens is 1. The number of nitrogens with zero attached hydrogens (tertiary/aromatic N) is 2. The van der Waals surface area contributed by atoms with E-state index in [2.05, 4.69) is 27.7 Å². The van der Waals surface area contributed by atoms with Gasteiger partial charge in [0, 0.05) is 30.4 Å². The number of unbranched alkanes of at least 4 members (excludes halogenated alkanes) is 1. The smallest absolute Gasteiger partial charge is 0.408 e. The van der Waals surface area contributed by atoms with Crippen molar-refractivity contribution in [1.29, 1.82) is 0 Å². The van der Waals surface area contributed by atoms with Crippen LogP contribution in [0.2, 0.25) is 5.02 Å². The molecule has 3 N–H and O–H groups in total. The molecule has 1 amide bonds. The van der Waals surface area contributed by atoms with Gasteiger partial charge in [-0.05, 0) is 81.7 Å². The molecule has 8 nitrogen and oxygen atoms in total. The molecule has 0 spiro atoms. The minimum atomic E-state index is -1.14. The van der Waals surface area contributed by atoms with Crippen LogP contribution in [0, 0.1) is 5.82 Å². The summed E-state index contributed by atoms with van der Waals surface area (Å²) in [6.07, 6.45) is 6.66. The molecule has 1 aromatic heterocycles. The fraction of sp³-hybridized carbons (Fsp3) is 0.519. The number of pyridine rings is 1. The highest BCUT2D eigenvalue weighted by atomic mass is 35.5. The molecular formula is C27H34ClFN4O4. The number of rotatable bonds is 13. The van der Waals surface area contributed by atoms with Gasteiger partial charge in [-0.15, -0.1) is 0 Å². The zero-order valence-corrected chi connectivity index (χ0v) is 21.6. The quantitative estimate of drug-likeness (QED) is 0.319. The number of carboxylic acid groups (broad SMARTS) is 1. The Morgan fingerprint density at radius 1 is 1.24 bits per heavy atom. The molecule has 1 saturated carbocycles. The van der Waals surface area contributed by atoms with E-state index in [0.29, 0.717) is 12.6 Å². The van der Waals surface area contributed by atoms with Gasteiger partial charge in [0.15, 0.2) is 0 Å². The summed E-state index contributed by atoms with van der Waals surface area (Å²) in [5, 5.41) is 15.5. The Kier molecular flexibility index (Phi) is 9.57. The van der Waals surface area contributed by atoms with Crippen molar-refractivity contribution in [3.05, 3.63) is 58.0 Å². The van der Waals surface area contributed by atoms with E-state index in [1.54, 1.807) is 0 Å². The van der Waals surface area contributed by atoms with Crippen LogP contribution in [0.5, 0.6) is 0 Å². The zero-order chi connectivity index (χ0) is 26.2. The number of aryl methyl sites for hydroxylation is 2. The van der Waals surface area contributed by atoms with Crippen molar-refractivity contribution in [1.82, 2.24) is 15.2 Å². The lowest BCUT2D eigenvalue weighted by Gasteiger charge is -2.24. The second-order valence-corrected chi connectivity index (χ2v) is 10.1. The minimum Gasteiger partial charge on any atom is -0.480 e. The highest BCUT2D eigenvalue weighted by molar-refractivity contribution is 6.31. The predicted octanol–water partition coefficient (Wildman–Crippen LogP) is 4.79. The minimum absolute atomic E-state index is 0.0490. The number of ether oxygens (including phenoxy) is 1. The lowest BCUT2D eigenvalue weighted by molar-refractivity contribution is -0.139. The van der Waals surface area contributed by atoms with Crippen molar-refractivity contribution in [2.24, 2.45) is 0 Å². The molecule has 10 heteroatoms. The van der Waals surface area contributed by atoms with Gasteiger partial charge in [0.05, 0.1) is 5.02 Å². The summed E-state index contributed by atoms with van der Waals surface area (Å²) in [4.78, 5) is 31.0. The number of carbonyl (C=O) groups excluding carboxylic acids is 1. The summed E-state index contributed by atoms with van der Waals surface area (Å²) in [6.45, 7) is 2.02. The molecule has 1 fully saturated rings. The van der Waals surface area contributed by atoms with Gasteiger partial charge in [0.25, 0.3) is 0 Å². The van der Waals surface area contributed by atoms with Crippen molar-refractivity contribution in [3.63, 3.8) is 0 Å². The van der Waals surface area contributed by atoms with E-state index in [4.69, 9.17) is 21.3 Å². The molecule has 4 rings (SSSR count). The number of fused-ring (bicyclic) bond motifs is 1. The molecule has 1 atom stereocenters. The van der Waals surface area contributed by atoms with E-state index < -0.39 is 23.9 Å². The summed E-state index contributed by atoms with van der Waals surface area (Å²) in [5.74, 6) is -0.705. The van der Waals surface area contributed by atoms with Crippen molar-refractivity contribution < 1.29 is 23.8 Å². The first-order valence-corrected chi connectivity index (χ1v) is 13.3. The maximum absolute atomic E-state index is 13.9. The van der Waals surface area contributed by atoms with Crippen molar-refractivity contribution in [2.45, 2.75) is 70.1 Å². The van der Waals surface area contributed by atoms with Crippen LogP contribution in [-0.2, 0) is 29.0 Å². The third-order valence-electron chi connectivity index (χ3n) is 6.85. The number of benzene rings is 1. The highest BCUT2D eigenvalue weighted by Crippen LogP contribution is 2.28. The number of carboxylic acids is 1. The lowest BCUT2D eigenvalue weighted by Crippen LogP contribution is -2.43. The van der Waals surface area contributed by atoms with Crippen LogP contribution in [0.25, 0.3) is 0 Å². The van der Waals surface area contributed by atoms with E-state index in [0.717, 1.165) is 69.5 Å². The van der Waals surface area contributed by atoms with Gasteiger partial charge in [-0.1, -0.05) is 23.7 Å². The Bertz CT molecular complexity index is 1080. The monoisotopic (exact) mass is 532 g/mol. The molecule has 1 aliphatic carbocycles. The molecule has 2 aliphatic rings. The summed E-state index contributed by atoms with van der Waals surface area (Å²) in [5.41, 5.74) is 2.43. The fourth-order valence-corrected chi connectivity index (χ4v) is 4.81. The Hall–Kier alpha value is -2.91. The molecule has 0 saturated heterocycles. The molecule has 1 unspecified atom stereocenters. The first-order valence-electron chi connectivity index (χ1n) is 13.0.